The number of hydrogen-bond acceptors (Lipinski definition) is 15. The van der Waals surface area contributed by atoms with Gasteiger partial charge in [0.25, 0.3) is 0 Å². The summed E-state index contributed by atoms with van der Waals surface area (Å²) in [5, 5.41) is 10.6. The Kier molecular flexibility index (Phi) is 70.7. The van der Waals surface area contributed by atoms with Crippen LogP contribution in [0.1, 0.15) is 259 Å². The maximum Gasteiger partial charge on any atom is 0.472 e. The molecule has 0 saturated heterocycles. The number of rotatable bonds is 70. The minimum absolute atomic E-state index is 0.0654. The fourth-order valence-electron chi connectivity index (χ4n) is 9.33. The number of esters is 4. The van der Waals surface area contributed by atoms with Crippen LogP contribution in [0.5, 0.6) is 0 Å². The molecule has 0 bridgehead atoms. The van der Waals surface area contributed by atoms with Crippen molar-refractivity contribution in [3.8, 4) is 0 Å². The maximum atomic E-state index is 13.1. The maximum absolute atomic E-state index is 13.1. The molecule has 0 radical (unpaired) electrons. The van der Waals surface area contributed by atoms with E-state index in [1.165, 1.54) is 38.5 Å². The summed E-state index contributed by atoms with van der Waals surface area (Å²) < 4.78 is 68.2. The van der Waals surface area contributed by atoms with Gasteiger partial charge in [-0.25, -0.2) is 9.13 Å². The Morgan fingerprint density at radius 1 is 0.288 bits per heavy atom. The summed E-state index contributed by atoms with van der Waals surface area (Å²) in [4.78, 5) is 72.8. The Balaban J connectivity index is 5.55. The molecular formula is C85H134O17P2. The van der Waals surface area contributed by atoms with Crippen LogP contribution in [0, 0.1) is 0 Å². The summed E-state index contributed by atoms with van der Waals surface area (Å²) in [7, 11) is -10.0. The third kappa shape index (κ3) is 74.2. The van der Waals surface area contributed by atoms with Gasteiger partial charge in [-0.05, 0) is 148 Å². The number of unbranched alkanes of at least 4 members (excludes halogenated alkanes) is 14. The van der Waals surface area contributed by atoms with Gasteiger partial charge < -0.3 is 33.8 Å². The topological polar surface area (TPSA) is 237 Å². The number of allylic oxidation sites excluding steroid dienone is 30. The molecule has 104 heavy (non-hydrogen) atoms. The van der Waals surface area contributed by atoms with Gasteiger partial charge in [0.2, 0.25) is 0 Å². The van der Waals surface area contributed by atoms with Gasteiger partial charge >= 0.3 is 39.5 Å². The van der Waals surface area contributed by atoms with E-state index in [4.69, 9.17) is 37.0 Å². The molecule has 0 aliphatic heterocycles. The van der Waals surface area contributed by atoms with Gasteiger partial charge in [-0.3, -0.25) is 37.3 Å². The standard InChI is InChI=1S/C85H134O17P2/c1-5-9-13-17-21-25-29-33-37-38-39-40-44-46-50-54-58-62-66-70-83(88)96-76-81(102-85(90)72-68-64-60-56-52-48-43-36-32-28-24-20-16-12-8-4)78-100-104(93,94)98-74-79(86)73-97-103(91,92)99-77-80(101-84(89)71-67-63-59-55-51-47-42-35-31-27-23-19-15-11-7-3)75-95-82(87)69-65-61-57-53-49-45-41-34-30-26-22-18-14-10-6-2/h9-11,13-15,21-23,25-27,33-37,39-43,46,49-51,53,55,61,63,65,67,79-81,86H,5-8,12,16-20,24,28-32,38,44-45,47-48,52,54,56-60,62,64,66,68-78H2,1-4H3,(H,91,92)(H,93,94)/b13-9-,14-10-,15-11-,25-21-,26-22-,27-23-,37-33-,40-39-,41-34-,42-35-,43-36-,50-46-,53-49-,55-51-,65-61-,67-63-. The van der Waals surface area contributed by atoms with E-state index in [2.05, 4.69) is 174 Å². The van der Waals surface area contributed by atoms with Crippen LogP contribution in [0.2, 0.25) is 0 Å². The van der Waals surface area contributed by atoms with Gasteiger partial charge in [0, 0.05) is 12.8 Å². The fraction of sp³-hybridized carbons (Fsp3) is 0.576. The number of ether oxygens (including phenoxy) is 4. The minimum atomic E-state index is -5.03. The van der Waals surface area contributed by atoms with Crippen molar-refractivity contribution in [2.24, 2.45) is 0 Å². The first-order valence-electron chi connectivity index (χ1n) is 38.7. The molecule has 0 aliphatic rings. The highest BCUT2D eigenvalue weighted by Gasteiger charge is 2.30. The van der Waals surface area contributed by atoms with E-state index >= 15 is 0 Å². The van der Waals surface area contributed by atoms with Gasteiger partial charge in [0.1, 0.15) is 19.3 Å². The monoisotopic (exact) mass is 1490 g/mol. The Morgan fingerprint density at radius 3 is 0.913 bits per heavy atom. The molecule has 0 heterocycles. The number of phosphoric acid groups is 2. The lowest BCUT2D eigenvalue weighted by molar-refractivity contribution is -0.161. The summed E-state index contributed by atoms with van der Waals surface area (Å²) in [5.74, 6) is -2.54. The van der Waals surface area contributed by atoms with Crippen LogP contribution in [0.4, 0.5) is 0 Å². The van der Waals surface area contributed by atoms with Crippen molar-refractivity contribution < 1.29 is 80.2 Å². The van der Waals surface area contributed by atoms with Crippen LogP contribution in [0.15, 0.2) is 194 Å². The zero-order valence-corrected chi connectivity index (χ0v) is 65.6. The van der Waals surface area contributed by atoms with E-state index in [0.717, 1.165) is 141 Å². The number of aliphatic hydroxyl groups is 1. The Labute approximate surface area is 627 Å². The number of aliphatic hydroxyl groups excluding tert-OH is 1. The number of phosphoric ester groups is 2. The third-order valence-corrected chi connectivity index (χ3v) is 17.0. The second kappa shape index (κ2) is 75.1. The number of hydrogen-bond donors (Lipinski definition) is 3. The lowest BCUT2D eigenvalue weighted by Crippen LogP contribution is -2.30. The largest absolute Gasteiger partial charge is 0.472 e. The Bertz CT molecular complexity index is 2740. The second-order valence-electron chi connectivity index (χ2n) is 24.8. The van der Waals surface area contributed by atoms with E-state index in [1.807, 2.05) is 24.3 Å². The van der Waals surface area contributed by atoms with Crippen LogP contribution in [-0.4, -0.2) is 96.7 Å². The van der Waals surface area contributed by atoms with Gasteiger partial charge in [0.15, 0.2) is 12.2 Å². The van der Waals surface area contributed by atoms with Crippen molar-refractivity contribution in [3.05, 3.63) is 194 Å². The summed E-state index contributed by atoms with van der Waals surface area (Å²) in [5.41, 5.74) is 0. The van der Waals surface area contributed by atoms with Crippen LogP contribution >= 0.6 is 15.6 Å². The molecule has 0 aromatic carbocycles. The van der Waals surface area contributed by atoms with Gasteiger partial charge in [-0.1, -0.05) is 280 Å². The van der Waals surface area contributed by atoms with Crippen LogP contribution in [-0.2, 0) is 65.4 Å². The molecule has 0 aromatic heterocycles. The van der Waals surface area contributed by atoms with Gasteiger partial charge in [-0.2, -0.15) is 0 Å². The molecular weight excluding hydrogens is 1350 g/mol. The predicted octanol–water partition coefficient (Wildman–Crippen LogP) is 22.5. The first-order chi connectivity index (χ1) is 50.7. The van der Waals surface area contributed by atoms with Crippen molar-refractivity contribution in [2.75, 3.05) is 39.6 Å². The predicted molar refractivity (Wildman–Crippen MR) is 426 cm³/mol. The smallest absolute Gasteiger partial charge is 0.462 e. The number of carbonyl (C=O) groups is 4. The Morgan fingerprint density at radius 2 is 0.548 bits per heavy atom. The van der Waals surface area contributed by atoms with Crippen LogP contribution in [0.3, 0.4) is 0 Å². The fourth-order valence-corrected chi connectivity index (χ4v) is 10.9. The molecule has 0 aliphatic carbocycles. The highest BCUT2D eigenvalue weighted by Crippen LogP contribution is 2.45. The molecule has 0 rings (SSSR count). The van der Waals surface area contributed by atoms with E-state index in [9.17, 15) is 43.2 Å². The summed E-state index contributed by atoms with van der Waals surface area (Å²) in [6.07, 6.45) is 92.0. The molecule has 5 unspecified atom stereocenters. The van der Waals surface area contributed by atoms with Gasteiger partial charge in [0.05, 0.1) is 39.3 Å². The van der Waals surface area contributed by atoms with E-state index in [0.29, 0.717) is 25.7 Å². The zero-order chi connectivity index (χ0) is 76.0. The summed E-state index contributed by atoms with van der Waals surface area (Å²) >= 11 is 0. The zero-order valence-electron chi connectivity index (χ0n) is 63.9. The van der Waals surface area contributed by atoms with Gasteiger partial charge in [-0.15, -0.1) is 0 Å². The van der Waals surface area contributed by atoms with Crippen molar-refractivity contribution in [2.45, 2.75) is 277 Å². The van der Waals surface area contributed by atoms with E-state index in [-0.39, 0.29) is 25.7 Å². The lowest BCUT2D eigenvalue weighted by Gasteiger charge is -2.21. The highest BCUT2D eigenvalue weighted by atomic mass is 31.2. The molecule has 19 heteroatoms. The normalized spacial score (nSPS) is 15.0. The lowest BCUT2D eigenvalue weighted by atomic mass is 10.1. The average Bonchev–Trinajstić information content (AvgIpc) is 0.918. The van der Waals surface area contributed by atoms with Crippen molar-refractivity contribution >= 4 is 39.5 Å². The second-order valence-corrected chi connectivity index (χ2v) is 27.7. The SMILES string of the molecule is CC/C=C\C/C=C\C/C=C\C/C=C\C/C=C\CCCCCC(=O)OCC(COP(=O)(O)OCC(O)COP(=O)(O)OCC(COC(=O)C/C=C\C/C=C\C/C=C\C/C=C\C/C=C\CC)OC(=O)C/C=C\C/C=C\C/C=C\C/C=C\C/C=C\CC)OC(=O)CCCCCCC/C=C\CCCCCCCC. The molecule has 5 atom stereocenters. The first-order valence-corrected chi connectivity index (χ1v) is 41.7. The molecule has 0 aromatic rings. The van der Waals surface area contributed by atoms with Crippen molar-refractivity contribution in [1.29, 1.82) is 0 Å². The molecule has 0 spiro atoms. The molecule has 0 amide bonds. The molecule has 0 fully saturated rings. The summed E-state index contributed by atoms with van der Waals surface area (Å²) in [6.45, 7) is 4.21. The van der Waals surface area contributed by atoms with Crippen molar-refractivity contribution in [1.82, 2.24) is 0 Å². The summed E-state index contributed by atoms with van der Waals surface area (Å²) in [6, 6.07) is 0. The average molecular weight is 1490 g/mol. The molecule has 17 nitrogen and oxygen atoms in total. The molecule has 586 valence electrons. The quantitative estimate of drug-likeness (QED) is 0.0169. The third-order valence-electron chi connectivity index (χ3n) is 15.1. The Hall–Kier alpha value is -6.10. The van der Waals surface area contributed by atoms with E-state index < -0.39 is 97.5 Å². The molecule has 0 saturated carbocycles. The van der Waals surface area contributed by atoms with Crippen LogP contribution in [0.25, 0.3) is 0 Å². The van der Waals surface area contributed by atoms with E-state index in [1.54, 1.807) is 24.3 Å². The molecule has 3 N–H and O–H groups in total. The first kappa shape index (κ1) is 97.9. The minimum Gasteiger partial charge on any atom is -0.462 e. The van der Waals surface area contributed by atoms with Crippen molar-refractivity contribution in [3.63, 3.8) is 0 Å². The number of carbonyl (C=O) groups excluding carboxylic acids is 4. The highest BCUT2D eigenvalue weighted by molar-refractivity contribution is 7.47. The van der Waals surface area contributed by atoms with Crippen LogP contribution < -0.4 is 0 Å².